The molecule has 0 saturated carbocycles. The molecule has 1 amide bonds. The SMILES string of the molecule is CCc1ccccc1C(=O)N1CCC(c2cc[nH]c(=O)c2)CC1. The molecule has 1 aliphatic heterocycles. The second-order valence-corrected chi connectivity index (χ2v) is 6.06. The summed E-state index contributed by atoms with van der Waals surface area (Å²) in [5, 5.41) is 0. The highest BCUT2D eigenvalue weighted by Crippen LogP contribution is 2.28. The first-order valence-electron chi connectivity index (χ1n) is 8.25. The van der Waals surface area contributed by atoms with Crippen LogP contribution in [0, 0.1) is 0 Å². The van der Waals surface area contributed by atoms with E-state index in [0.29, 0.717) is 5.92 Å². The van der Waals surface area contributed by atoms with Gasteiger partial charge in [-0.25, -0.2) is 0 Å². The molecule has 1 aliphatic rings. The third-order valence-electron chi connectivity index (χ3n) is 4.68. The van der Waals surface area contributed by atoms with Crippen molar-refractivity contribution in [3.8, 4) is 0 Å². The maximum absolute atomic E-state index is 12.7. The van der Waals surface area contributed by atoms with Crippen molar-refractivity contribution in [2.45, 2.75) is 32.1 Å². The van der Waals surface area contributed by atoms with E-state index in [4.69, 9.17) is 0 Å². The standard InChI is InChI=1S/C19H22N2O2/c1-2-14-5-3-4-6-17(14)19(23)21-11-8-15(9-12-21)16-7-10-20-18(22)13-16/h3-7,10,13,15H,2,8-9,11-12H2,1H3,(H,20,22). The molecule has 0 radical (unpaired) electrons. The Labute approximate surface area is 136 Å². The number of hydrogen-bond donors (Lipinski definition) is 1. The zero-order valence-corrected chi connectivity index (χ0v) is 13.4. The molecular formula is C19H22N2O2. The van der Waals surface area contributed by atoms with E-state index in [1.807, 2.05) is 35.2 Å². The Kier molecular flexibility index (Phi) is 4.60. The van der Waals surface area contributed by atoms with Crippen LogP contribution in [0.2, 0.25) is 0 Å². The summed E-state index contributed by atoms with van der Waals surface area (Å²) in [6.07, 6.45) is 4.38. The van der Waals surface area contributed by atoms with E-state index in [0.717, 1.165) is 49.0 Å². The lowest BCUT2D eigenvalue weighted by molar-refractivity contribution is 0.0712. The number of hydrogen-bond acceptors (Lipinski definition) is 2. The summed E-state index contributed by atoms with van der Waals surface area (Å²) in [4.78, 5) is 28.8. The summed E-state index contributed by atoms with van der Waals surface area (Å²) in [6, 6.07) is 11.5. The Hall–Kier alpha value is -2.36. The largest absolute Gasteiger partial charge is 0.339 e. The number of likely N-dealkylation sites (tertiary alicyclic amines) is 1. The summed E-state index contributed by atoms with van der Waals surface area (Å²) >= 11 is 0. The molecule has 2 heterocycles. The van der Waals surface area contributed by atoms with Crippen LogP contribution in [0.1, 0.15) is 47.2 Å². The van der Waals surface area contributed by atoms with Gasteiger partial charge in [-0.05, 0) is 48.4 Å². The van der Waals surface area contributed by atoms with Gasteiger partial charge in [0.2, 0.25) is 5.56 Å². The molecule has 3 rings (SSSR count). The molecule has 0 aliphatic carbocycles. The zero-order chi connectivity index (χ0) is 16.2. The molecule has 1 saturated heterocycles. The monoisotopic (exact) mass is 310 g/mol. The average molecular weight is 310 g/mol. The Morgan fingerprint density at radius 1 is 1.22 bits per heavy atom. The number of piperidine rings is 1. The van der Waals surface area contributed by atoms with Crippen molar-refractivity contribution in [1.82, 2.24) is 9.88 Å². The van der Waals surface area contributed by atoms with E-state index < -0.39 is 0 Å². The normalized spacial score (nSPS) is 15.6. The van der Waals surface area contributed by atoms with Crippen LogP contribution in [0.5, 0.6) is 0 Å². The number of pyridine rings is 1. The number of amides is 1. The molecule has 4 heteroatoms. The van der Waals surface area contributed by atoms with E-state index in [1.54, 1.807) is 12.3 Å². The van der Waals surface area contributed by atoms with Gasteiger partial charge < -0.3 is 9.88 Å². The van der Waals surface area contributed by atoms with Crippen LogP contribution in [0.25, 0.3) is 0 Å². The van der Waals surface area contributed by atoms with Gasteiger partial charge in [-0.3, -0.25) is 9.59 Å². The second kappa shape index (κ2) is 6.82. The number of benzene rings is 1. The van der Waals surface area contributed by atoms with Crippen LogP contribution >= 0.6 is 0 Å². The summed E-state index contributed by atoms with van der Waals surface area (Å²) in [5.74, 6) is 0.495. The Morgan fingerprint density at radius 3 is 2.65 bits per heavy atom. The fraction of sp³-hybridized carbons (Fsp3) is 0.368. The molecule has 23 heavy (non-hydrogen) atoms. The Bertz CT molecular complexity index is 743. The molecule has 1 fully saturated rings. The van der Waals surface area contributed by atoms with Crippen molar-refractivity contribution in [1.29, 1.82) is 0 Å². The highest BCUT2D eigenvalue weighted by atomic mass is 16.2. The van der Waals surface area contributed by atoms with Crippen LogP contribution < -0.4 is 5.56 Å². The lowest BCUT2D eigenvalue weighted by Gasteiger charge is -2.32. The van der Waals surface area contributed by atoms with Crippen LogP contribution in [-0.2, 0) is 6.42 Å². The maximum atomic E-state index is 12.7. The van der Waals surface area contributed by atoms with Crippen molar-refractivity contribution in [2.24, 2.45) is 0 Å². The third-order valence-corrected chi connectivity index (χ3v) is 4.68. The fourth-order valence-electron chi connectivity index (χ4n) is 3.34. The molecule has 2 aromatic rings. The smallest absolute Gasteiger partial charge is 0.254 e. The third kappa shape index (κ3) is 3.36. The summed E-state index contributed by atoms with van der Waals surface area (Å²) in [5.41, 5.74) is 2.95. The minimum atomic E-state index is -0.0575. The predicted molar refractivity (Wildman–Crippen MR) is 90.8 cm³/mol. The zero-order valence-electron chi connectivity index (χ0n) is 13.4. The molecule has 120 valence electrons. The topological polar surface area (TPSA) is 53.2 Å². The van der Waals surface area contributed by atoms with Gasteiger partial charge in [0, 0.05) is 30.9 Å². The number of aromatic nitrogens is 1. The van der Waals surface area contributed by atoms with Crippen LogP contribution in [-0.4, -0.2) is 28.9 Å². The number of aromatic amines is 1. The summed E-state index contributed by atoms with van der Waals surface area (Å²) < 4.78 is 0. The highest BCUT2D eigenvalue weighted by molar-refractivity contribution is 5.95. The summed E-state index contributed by atoms with van der Waals surface area (Å²) in [7, 11) is 0. The first-order valence-corrected chi connectivity index (χ1v) is 8.25. The van der Waals surface area contributed by atoms with Gasteiger partial charge in [-0.2, -0.15) is 0 Å². The van der Waals surface area contributed by atoms with Gasteiger partial charge in [0.1, 0.15) is 0 Å². The fourth-order valence-corrected chi connectivity index (χ4v) is 3.34. The molecule has 1 N–H and O–H groups in total. The summed E-state index contributed by atoms with van der Waals surface area (Å²) in [6.45, 7) is 3.56. The quantitative estimate of drug-likeness (QED) is 0.947. The first-order chi connectivity index (χ1) is 11.2. The van der Waals surface area contributed by atoms with Crippen molar-refractivity contribution in [3.63, 3.8) is 0 Å². The highest BCUT2D eigenvalue weighted by Gasteiger charge is 2.25. The van der Waals surface area contributed by atoms with Gasteiger partial charge in [0.05, 0.1) is 0 Å². The molecular weight excluding hydrogens is 288 g/mol. The molecule has 0 atom stereocenters. The first kappa shape index (κ1) is 15.5. The van der Waals surface area contributed by atoms with Crippen molar-refractivity contribution < 1.29 is 4.79 Å². The molecule has 0 spiro atoms. The van der Waals surface area contributed by atoms with Gasteiger partial charge >= 0.3 is 0 Å². The Morgan fingerprint density at radius 2 is 1.96 bits per heavy atom. The number of carbonyl (C=O) groups excluding carboxylic acids is 1. The van der Waals surface area contributed by atoms with Crippen molar-refractivity contribution in [3.05, 3.63) is 69.6 Å². The number of H-pyrrole nitrogens is 1. The number of aryl methyl sites for hydroxylation is 1. The minimum Gasteiger partial charge on any atom is -0.339 e. The van der Waals surface area contributed by atoms with Crippen LogP contribution in [0.3, 0.4) is 0 Å². The predicted octanol–water partition coefficient (Wildman–Crippen LogP) is 2.96. The minimum absolute atomic E-state index is 0.0575. The van der Waals surface area contributed by atoms with E-state index in [9.17, 15) is 9.59 Å². The maximum Gasteiger partial charge on any atom is 0.254 e. The lowest BCUT2D eigenvalue weighted by atomic mass is 9.89. The van der Waals surface area contributed by atoms with Crippen molar-refractivity contribution >= 4 is 5.91 Å². The van der Waals surface area contributed by atoms with Gasteiger partial charge in [-0.1, -0.05) is 25.1 Å². The molecule has 0 unspecified atom stereocenters. The van der Waals surface area contributed by atoms with E-state index in [-0.39, 0.29) is 11.5 Å². The Balaban J connectivity index is 1.69. The van der Waals surface area contributed by atoms with Crippen molar-refractivity contribution in [2.75, 3.05) is 13.1 Å². The van der Waals surface area contributed by atoms with E-state index in [1.165, 1.54) is 0 Å². The van der Waals surface area contributed by atoms with Gasteiger partial charge in [-0.15, -0.1) is 0 Å². The number of nitrogens with one attached hydrogen (secondary N) is 1. The number of carbonyl (C=O) groups is 1. The number of rotatable bonds is 3. The number of nitrogens with zero attached hydrogens (tertiary/aromatic N) is 1. The van der Waals surface area contributed by atoms with Gasteiger partial charge in [0.25, 0.3) is 5.91 Å². The lowest BCUT2D eigenvalue weighted by Crippen LogP contribution is -2.38. The molecule has 1 aromatic heterocycles. The molecule has 1 aromatic carbocycles. The van der Waals surface area contributed by atoms with Crippen LogP contribution in [0.4, 0.5) is 0 Å². The van der Waals surface area contributed by atoms with Gasteiger partial charge in [0.15, 0.2) is 0 Å². The molecule has 0 bridgehead atoms. The molecule has 4 nitrogen and oxygen atoms in total. The van der Waals surface area contributed by atoms with Crippen LogP contribution in [0.15, 0.2) is 47.4 Å². The van der Waals surface area contributed by atoms with E-state index >= 15 is 0 Å². The second-order valence-electron chi connectivity index (χ2n) is 6.06. The van der Waals surface area contributed by atoms with E-state index in [2.05, 4.69) is 11.9 Å². The average Bonchev–Trinajstić information content (AvgIpc) is 2.61.